The molecule has 0 radical (unpaired) electrons. The number of ether oxygens (including phenoxy) is 1. The zero-order chi connectivity index (χ0) is 32.4. The fourth-order valence-electron chi connectivity index (χ4n) is 4.34. The topological polar surface area (TPSA) is 163 Å². The summed E-state index contributed by atoms with van der Waals surface area (Å²) in [6, 6.07) is 5.95. The Morgan fingerprint density at radius 3 is 2.26 bits per heavy atom. The van der Waals surface area contributed by atoms with E-state index in [-0.39, 0.29) is 62.8 Å². The van der Waals surface area contributed by atoms with E-state index in [1.165, 1.54) is 4.90 Å². The van der Waals surface area contributed by atoms with Crippen molar-refractivity contribution >= 4 is 66.2 Å². The molecule has 1 aliphatic heterocycles. The summed E-state index contributed by atoms with van der Waals surface area (Å²) in [5.41, 5.74) is -0.531. The molecule has 1 heterocycles. The van der Waals surface area contributed by atoms with Crippen LogP contribution >= 0.6 is 24.6 Å². The molecule has 0 aromatic heterocycles. The van der Waals surface area contributed by atoms with Gasteiger partial charge in [-0.05, 0) is 47.5 Å². The monoisotopic (exact) mass is 637 g/mol. The predicted octanol–water partition coefficient (Wildman–Crippen LogP) is 2.15. The Morgan fingerprint density at radius 2 is 1.70 bits per heavy atom. The fourth-order valence-corrected chi connectivity index (χ4v) is 5.09. The molecule has 43 heavy (non-hydrogen) atoms. The highest BCUT2D eigenvalue weighted by Crippen LogP contribution is 2.27. The van der Waals surface area contributed by atoms with Crippen molar-refractivity contribution in [3.05, 3.63) is 24.3 Å². The molecule has 1 aromatic rings. The summed E-state index contributed by atoms with van der Waals surface area (Å²) in [7, 11) is 0. The minimum Gasteiger partial charge on any atom is -0.380 e. The van der Waals surface area contributed by atoms with Gasteiger partial charge in [0.05, 0.1) is 25.0 Å². The summed E-state index contributed by atoms with van der Waals surface area (Å²) in [4.78, 5) is 74.8. The van der Waals surface area contributed by atoms with Crippen LogP contribution in [0.25, 0.3) is 0 Å². The van der Waals surface area contributed by atoms with Gasteiger partial charge in [0, 0.05) is 35.4 Å². The summed E-state index contributed by atoms with van der Waals surface area (Å²) in [6.07, 6.45) is 0.756. The molecule has 1 aromatic carbocycles. The van der Waals surface area contributed by atoms with Crippen molar-refractivity contribution in [2.75, 3.05) is 31.6 Å². The smallest absolute Gasteiger partial charge is 0.243 e. The predicted molar refractivity (Wildman–Crippen MR) is 167 cm³/mol. The Morgan fingerprint density at radius 1 is 1.07 bits per heavy atom. The quantitative estimate of drug-likeness (QED) is 0.0751. The summed E-state index contributed by atoms with van der Waals surface area (Å²) in [5, 5.41) is 7.44. The first-order chi connectivity index (χ1) is 20.0. The van der Waals surface area contributed by atoms with Crippen molar-refractivity contribution in [1.82, 2.24) is 20.3 Å². The molecule has 2 unspecified atom stereocenters. The van der Waals surface area contributed by atoms with E-state index in [0.29, 0.717) is 12.1 Å². The van der Waals surface area contributed by atoms with E-state index >= 15 is 0 Å². The maximum atomic E-state index is 12.9. The maximum absolute atomic E-state index is 12.9. The molecule has 1 aliphatic rings. The maximum Gasteiger partial charge on any atom is 0.243 e. The van der Waals surface area contributed by atoms with Crippen LogP contribution in [0.3, 0.4) is 0 Å². The molecule has 12 nitrogen and oxygen atoms in total. The van der Waals surface area contributed by atoms with Crippen molar-refractivity contribution in [3.8, 4) is 0 Å². The lowest BCUT2D eigenvalue weighted by Crippen LogP contribution is -2.51. The third-order valence-corrected chi connectivity index (χ3v) is 7.61. The Hall–Kier alpha value is -3.10. The number of imide groups is 1. The number of nitrogens with zero attached hydrogens (tertiary/aromatic N) is 1. The van der Waals surface area contributed by atoms with E-state index in [2.05, 4.69) is 33.3 Å². The molecule has 238 valence electrons. The third kappa shape index (κ3) is 12.2. The number of carbonyl (C=O) groups excluding carboxylic acids is 6. The average Bonchev–Trinajstić information content (AvgIpc) is 3.14. The van der Waals surface area contributed by atoms with E-state index in [9.17, 15) is 28.8 Å². The minimum atomic E-state index is -0.844. The number of hydrogen-bond donors (Lipinski definition) is 5. The van der Waals surface area contributed by atoms with Gasteiger partial charge in [-0.25, -0.2) is 0 Å². The molecule has 2 rings (SSSR count). The molecule has 0 spiro atoms. The number of anilines is 1. The number of carbonyl (C=O) groups is 6. The van der Waals surface area contributed by atoms with Crippen molar-refractivity contribution in [1.29, 1.82) is 0 Å². The van der Waals surface area contributed by atoms with E-state index in [1.54, 1.807) is 38.1 Å². The third-order valence-electron chi connectivity index (χ3n) is 6.48. The van der Waals surface area contributed by atoms with Crippen LogP contribution in [0.15, 0.2) is 29.2 Å². The van der Waals surface area contributed by atoms with Crippen molar-refractivity contribution < 1.29 is 33.5 Å². The van der Waals surface area contributed by atoms with Crippen LogP contribution in [0.2, 0.25) is 0 Å². The lowest BCUT2D eigenvalue weighted by molar-refractivity contribution is -0.141. The Labute approximate surface area is 262 Å². The van der Waals surface area contributed by atoms with Crippen LogP contribution in [0, 0.1) is 16.7 Å². The van der Waals surface area contributed by atoms with Crippen LogP contribution in [0.4, 0.5) is 5.69 Å². The lowest BCUT2D eigenvalue weighted by Gasteiger charge is -2.31. The first-order valence-corrected chi connectivity index (χ1v) is 15.3. The number of likely N-dealkylation sites (tertiary alicyclic amines) is 1. The van der Waals surface area contributed by atoms with E-state index in [0.717, 1.165) is 16.8 Å². The Kier molecular flexibility index (Phi) is 13.5. The molecule has 2 atom stereocenters. The number of thiol groups is 1. The minimum absolute atomic E-state index is 0.0888. The second-order valence-corrected chi connectivity index (χ2v) is 14.0. The number of hydrogen-bond acceptors (Lipinski definition) is 9. The molecule has 1 saturated heterocycles. The van der Waals surface area contributed by atoms with Crippen LogP contribution in [-0.2, 0) is 33.5 Å². The first kappa shape index (κ1) is 36.1. The van der Waals surface area contributed by atoms with Gasteiger partial charge in [-0.2, -0.15) is 12.6 Å². The molecular weight excluding hydrogens is 594 g/mol. The van der Waals surface area contributed by atoms with Gasteiger partial charge in [0.15, 0.2) is 0 Å². The fraction of sp³-hybridized carbons (Fsp3) is 0.586. The van der Waals surface area contributed by atoms with Gasteiger partial charge >= 0.3 is 0 Å². The van der Waals surface area contributed by atoms with Crippen molar-refractivity contribution in [3.63, 3.8) is 0 Å². The lowest BCUT2D eigenvalue weighted by atomic mass is 9.89. The molecular formula is C29H43N5O7S2. The molecule has 4 N–H and O–H groups in total. The Balaban J connectivity index is 1.80. The highest BCUT2D eigenvalue weighted by atomic mass is 32.2. The highest BCUT2D eigenvalue weighted by molar-refractivity contribution is 7.97. The van der Waals surface area contributed by atoms with Crippen LogP contribution in [0.1, 0.15) is 54.4 Å². The van der Waals surface area contributed by atoms with Gasteiger partial charge in [0.1, 0.15) is 6.04 Å². The molecule has 6 amide bonds. The molecule has 14 heteroatoms. The second-order valence-electron chi connectivity index (χ2n) is 12.5. The van der Waals surface area contributed by atoms with Crippen LogP contribution in [-0.4, -0.2) is 78.4 Å². The summed E-state index contributed by atoms with van der Waals surface area (Å²) < 4.78 is 8.39. The number of amides is 6. The number of nitrogens with one attached hydrogen (secondary N) is 4. The van der Waals surface area contributed by atoms with Crippen molar-refractivity contribution in [2.24, 2.45) is 16.7 Å². The zero-order valence-electron chi connectivity index (χ0n) is 25.5. The van der Waals surface area contributed by atoms with E-state index in [1.807, 2.05) is 27.7 Å². The summed E-state index contributed by atoms with van der Waals surface area (Å²) in [5.74, 6) is -2.01. The van der Waals surface area contributed by atoms with E-state index < -0.39 is 33.9 Å². The van der Waals surface area contributed by atoms with Gasteiger partial charge in [0.25, 0.3) is 0 Å². The highest BCUT2D eigenvalue weighted by Gasteiger charge is 2.39. The van der Waals surface area contributed by atoms with Gasteiger partial charge in [-0.15, -0.1) is 0 Å². The Bertz CT molecular complexity index is 1170. The van der Waals surface area contributed by atoms with Gasteiger partial charge in [-0.3, -0.25) is 38.4 Å². The number of benzene rings is 1. The first-order valence-electron chi connectivity index (χ1n) is 14.0. The van der Waals surface area contributed by atoms with E-state index in [4.69, 9.17) is 4.74 Å². The van der Waals surface area contributed by atoms with Crippen LogP contribution < -0.4 is 20.7 Å². The summed E-state index contributed by atoms with van der Waals surface area (Å²) >= 11 is 5.29. The van der Waals surface area contributed by atoms with Gasteiger partial charge in [-0.1, -0.05) is 41.5 Å². The van der Waals surface area contributed by atoms with Crippen molar-refractivity contribution in [2.45, 2.75) is 70.6 Å². The SMILES string of the molecule is CC(C)C(NC(=O)CC(C)(C)COCC(C)(C)CN1C(=O)CC(S)C1=O)C(=O)NCC(=O)Nc1ccc(SNC=O)cc1. The van der Waals surface area contributed by atoms with Gasteiger partial charge < -0.3 is 20.7 Å². The van der Waals surface area contributed by atoms with Crippen LogP contribution in [0.5, 0.6) is 0 Å². The molecule has 0 aliphatic carbocycles. The average molecular weight is 638 g/mol. The van der Waals surface area contributed by atoms with Gasteiger partial charge in [0.2, 0.25) is 35.9 Å². The molecule has 0 bridgehead atoms. The normalized spacial score (nSPS) is 16.2. The molecule has 1 fully saturated rings. The standard InChI is InChI=1S/C29H43N5O7S2/c1-18(2)25(26(39)30-13-23(37)32-19-7-9-20(10-8-19)43-31-17-35)33-22(36)12-28(3,4)15-41-16-29(5,6)14-34-24(38)11-21(42)27(34)40/h7-10,17-18,21,25,42H,11-16H2,1-6H3,(H,30,39)(H,31,35)(H,32,37)(H,33,36). The molecule has 0 saturated carbocycles. The number of rotatable bonds is 17. The second kappa shape index (κ2) is 16.1. The zero-order valence-corrected chi connectivity index (χ0v) is 27.2. The summed E-state index contributed by atoms with van der Waals surface area (Å²) in [6.45, 7) is 11.6. The largest absolute Gasteiger partial charge is 0.380 e.